The van der Waals surface area contributed by atoms with Crippen LogP contribution in [0.15, 0.2) is 0 Å². The Hall–Kier alpha value is 0. The first-order valence-corrected chi connectivity index (χ1v) is 13.5. The summed E-state index contributed by atoms with van der Waals surface area (Å²) in [6.45, 7) is 4.96. The quantitative estimate of drug-likeness (QED) is 0.455. The molecule has 0 unspecified atom stereocenters. The molecule has 0 spiro atoms. The van der Waals surface area contributed by atoms with E-state index < -0.39 is 0 Å². The molecule has 0 heterocycles. The minimum Gasteiger partial charge on any atom is -0.0649 e. The Morgan fingerprint density at radius 1 is 0.321 bits per heavy atom. The molecule has 0 aromatic heterocycles. The molecule has 0 atom stereocenters. The van der Waals surface area contributed by atoms with Crippen LogP contribution in [0.4, 0.5) is 0 Å². The highest BCUT2D eigenvalue weighted by Gasteiger charge is 2.66. The molecule has 6 bridgehead atoms. The summed E-state index contributed by atoms with van der Waals surface area (Å²) >= 11 is 0. The molecule has 0 N–H and O–H groups in total. The van der Waals surface area contributed by atoms with Gasteiger partial charge in [0.2, 0.25) is 0 Å². The van der Waals surface area contributed by atoms with E-state index in [1.807, 2.05) is 0 Å². The molecule has 0 amide bonds. The maximum atomic E-state index is 2.48. The Kier molecular flexibility index (Phi) is 3.90. The first kappa shape index (κ1) is 18.7. The lowest BCUT2D eigenvalue weighted by atomic mass is 9.34. The van der Waals surface area contributed by atoms with Crippen molar-refractivity contribution >= 4 is 0 Å². The van der Waals surface area contributed by atoms with Gasteiger partial charge in [-0.25, -0.2) is 0 Å². The van der Waals surface area contributed by atoms with E-state index in [4.69, 9.17) is 0 Å². The molecule has 0 saturated heterocycles. The topological polar surface area (TPSA) is 0 Å². The van der Waals surface area contributed by atoms with Crippen molar-refractivity contribution < 1.29 is 0 Å². The molecule has 9 aliphatic carbocycles. The predicted octanol–water partition coefficient (Wildman–Crippen LogP) is 8.83. The maximum absolute atomic E-state index is 2.48. The zero-order chi connectivity index (χ0) is 19.1. The van der Waals surface area contributed by atoms with Crippen LogP contribution in [-0.2, 0) is 0 Å². The van der Waals surface area contributed by atoms with Crippen molar-refractivity contribution in [2.24, 2.45) is 32.5 Å². The van der Waals surface area contributed by atoms with Gasteiger partial charge < -0.3 is 0 Å². The highest BCUT2D eigenvalue weighted by molar-refractivity contribution is 5.17. The van der Waals surface area contributed by atoms with E-state index in [-0.39, 0.29) is 0 Å². The van der Waals surface area contributed by atoms with Crippen LogP contribution in [-0.4, -0.2) is 0 Å². The van der Waals surface area contributed by atoms with Crippen LogP contribution >= 0.6 is 0 Å². The van der Waals surface area contributed by atoms with Gasteiger partial charge in [-0.3, -0.25) is 0 Å². The lowest BCUT2D eigenvalue weighted by Gasteiger charge is -2.71. The Labute approximate surface area is 175 Å². The molecule has 0 radical (unpaired) electrons. The van der Waals surface area contributed by atoms with Crippen molar-refractivity contribution in [3.8, 4) is 0 Å². The van der Waals surface area contributed by atoms with E-state index in [2.05, 4.69) is 13.8 Å². The number of fused-ring (bicyclic) bond motifs is 9. The molecular weight excluding hydrogens is 336 g/mol. The van der Waals surface area contributed by atoms with Gasteiger partial charge in [0.1, 0.15) is 0 Å². The van der Waals surface area contributed by atoms with Crippen LogP contribution in [0.5, 0.6) is 0 Å². The van der Waals surface area contributed by atoms with E-state index >= 15 is 0 Å². The van der Waals surface area contributed by atoms with Crippen molar-refractivity contribution in [2.45, 2.75) is 142 Å². The molecule has 9 saturated carbocycles. The number of rotatable bonds is 4. The summed E-state index contributed by atoms with van der Waals surface area (Å²) in [5.41, 5.74) is 4.68. The van der Waals surface area contributed by atoms with Crippen LogP contribution in [0.25, 0.3) is 0 Å². The third kappa shape index (κ3) is 2.15. The molecule has 0 aromatic rings. The van der Waals surface area contributed by atoms with Crippen molar-refractivity contribution in [1.82, 2.24) is 0 Å². The smallest absolute Gasteiger partial charge is 0.0240 e. The molecular formula is C28H46. The Morgan fingerprint density at radius 2 is 0.500 bits per heavy atom. The van der Waals surface area contributed by atoms with Gasteiger partial charge in [0.05, 0.1) is 0 Å². The average molecular weight is 383 g/mol. The van der Waals surface area contributed by atoms with Gasteiger partial charge in [0, 0.05) is 0 Å². The second-order valence-electron chi connectivity index (χ2n) is 13.3. The standard InChI is InChI=1S/C28H46/c1-3-23-5-11-25(12-6-23,13-7-23)27-17-20-28(21-18-27,22-19-27)26-14-8-24(4-2,9-15-26)10-16-26/h3-22H2,1-2H3. The van der Waals surface area contributed by atoms with Crippen LogP contribution < -0.4 is 0 Å². The van der Waals surface area contributed by atoms with Gasteiger partial charge in [0.15, 0.2) is 0 Å². The van der Waals surface area contributed by atoms with Crippen molar-refractivity contribution in [1.29, 1.82) is 0 Å². The molecule has 0 aliphatic heterocycles. The molecule has 9 fully saturated rings. The summed E-state index contributed by atoms with van der Waals surface area (Å²) < 4.78 is 0. The number of hydrogen-bond donors (Lipinski definition) is 0. The van der Waals surface area contributed by atoms with E-state index in [1.54, 1.807) is 116 Å². The van der Waals surface area contributed by atoms with Gasteiger partial charge in [-0.05, 0) is 148 Å². The average Bonchev–Trinajstić information content (AvgIpc) is 2.82. The zero-order valence-corrected chi connectivity index (χ0v) is 19.1. The summed E-state index contributed by atoms with van der Waals surface area (Å²) in [7, 11) is 0. The van der Waals surface area contributed by atoms with Crippen LogP contribution in [0, 0.1) is 32.5 Å². The molecule has 158 valence electrons. The molecule has 0 heteroatoms. The van der Waals surface area contributed by atoms with Gasteiger partial charge in [-0.15, -0.1) is 0 Å². The molecule has 9 rings (SSSR count). The fraction of sp³-hybridized carbons (Fsp3) is 1.00. The van der Waals surface area contributed by atoms with Crippen molar-refractivity contribution in [3.05, 3.63) is 0 Å². The minimum absolute atomic E-state index is 0.778. The third-order valence-corrected chi connectivity index (χ3v) is 13.8. The predicted molar refractivity (Wildman–Crippen MR) is 118 cm³/mol. The lowest BCUT2D eigenvalue weighted by molar-refractivity contribution is -0.207. The molecule has 9 aliphatic rings. The van der Waals surface area contributed by atoms with Crippen molar-refractivity contribution in [3.63, 3.8) is 0 Å². The van der Waals surface area contributed by atoms with E-state index in [9.17, 15) is 0 Å². The second kappa shape index (κ2) is 5.82. The van der Waals surface area contributed by atoms with Crippen LogP contribution in [0.2, 0.25) is 0 Å². The molecule has 28 heavy (non-hydrogen) atoms. The largest absolute Gasteiger partial charge is 0.0649 e. The monoisotopic (exact) mass is 382 g/mol. The van der Waals surface area contributed by atoms with Crippen LogP contribution in [0.1, 0.15) is 142 Å². The molecule has 0 nitrogen and oxygen atoms in total. The number of hydrogen-bond acceptors (Lipinski definition) is 0. The Balaban J connectivity index is 1.22. The highest BCUT2D eigenvalue weighted by atomic mass is 14.7. The van der Waals surface area contributed by atoms with Crippen molar-refractivity contribution in [2.75, 3.05) is 0 Å². The normalized spacial score (nSPS) is 57.6. The summed E-state index contributed by atoms with van der Waals surface area (Å²) in [6.07, 6.45) is 31.9. The fourth-order valence-corrected chi connectivity index (χ4v) is 11.0. The molecule has 0 aromatic carbocycles. The Morgan fingerprint density at radius 3 is 0.679 bits per heavy atom. The van der Waals surface area contributed by atoms with Gasteiger partial charge >= 0.3 is 0 Å². The van der Waals surface area contributed by atoms with E-state index in [0.717, 1.165) is 32.5 Å². The first-order valence-electron chi connectivity index (χ1n) is 13.5. The zero-order valence-electron chi connectivity index (χ0n) is 19.1. The maximum Gasteiger partial charge on any atom is -0.0240 e. The minimum atomic E-state index is 0.778. The lowest BCUT2D eigenvalue weighted by Crippen LogP contribution is -2.60. The second-order valence-corrected chi connectivity index (χ2v) is 13.3. The Bertz CT molecular complexity index is 509. The fourth-order valence-electron chi connectivity index (χ4n) is 11.0. The van der Waals surface area contributed by atoms with Gasteiger partial charge in [-0.1, -0.05) is 26.7 Å². The van der Waals surface area contributed by atoms with E-state index in [0.29, 0.717) is 0 Å². The van der Waals surface area contributed by atoms with Gasteiger partial charge in [-0.2, -0.15) is 0 Å². The summed E-state index contributed by atoms with van der Waals surface area (Å²) in [4.78, 5) is 0. The summed E-state index contributed by atoms with van der Waals surface area (Å²) in [5.74, 6) is 0. The third-order valence-electron chi connectivity index (χ3n) is 13.8. The van der Waals surface area contributed by atoms with Crippen LogP contribution in [0.3, 0.4) is 0 Å². The summed E-state index contributed by atoms with van der Waals surface area (Å²) in [6, 6.07) is 0. The highest BCUT2D eigenvalue weighted by Crippen LogP contribution is 2.77. The first-order chi connectivity index (χ1) is 13.5. The van der Waals surface area contributed by atoms with E-state index in [1.165, 1.54) is 12.8 Å². The summed E-state index contributed by atoms with van der Waals surface area (Å²) in [5, 5.41) is 0. The van der Waals surface area contributed by atoms with Gasteiger partial charge in [0.25, 0.3) is 0 Å². The SMILES string of the molecule is CCC12CCC(C34CCC(C56CCC(CC)(CC5)CC6)(CC3)CC4)(CC1)CC2.